The molecule has 166 valence electrons. The van der Waals surface area contributed by atoms with Gasteiger partial charge in [0.2, 0.25) is 5.91 Å². The van der Waals surface area contributed by atoms with E-state index in [1.54, 1.807) is 31.3 Å². The van der Waals surface area contributed by atoms with Crippen molar-refractivity contribution in [3.8, 4) is 11.5 Å². The van der Waals surface area contributed by atoms with Gasteiger partial charge in [0.15, 0.2) is 0 Å². The van der Waals surface area contributed by atoms with Gasteiger partial charge < -0.3 is 20.5 Å². The molecule has 32 heavy (non-hydrogen) atoms. The highest BCUT2D eigenvalue weighted by Gasteiger charge is 2.28. The van der Waals surface area contributed by atoms with Crippen LogP contribution in [-0.4, -0.2) is 18.8 Å². The lowest BCUT2D eigenvalue weighted by atomic mass is 9.84. The molecule has 0 unspecified atom stereocenters. The highest BCUT2D eigenvalue weighted by molar-refractivity contribution is 5.94. The fourth-order valence-electron chi connectivity index (χ4n) is 3.28. The SMILES string of the molecule is CNC(=O)C(C)(C)c1ccc(OCc2cccc(COc3ccc(C(=N)N)cc3)c2)cc1. The second-order valence-corrected chi connectivity index (χ2v) is 8.06. The summed E-state index contributed by atoms with van der Waals surface area (Å²) in [7, 11) is 1.64. The van der Waals surface area contributed by atoms with E-state index in [1.807, 2.05) is 62.4 Å². The molecule has 0 spiro atoms. The number of hydrogen-bond donors (Lipinski definition) is 3. The molecular formula is C26H29N3O3. The summed E-state index contributed by atoms with van der Waals surface area (Å²) in [4.78, 5) is 12.1. The zero-order chi connectivity index (χ0) is 23.1. The minimum atomic E-state index is -0.603. The Kier molecular flexibility index (Phi) is 7.15. The average Bonchev–Trinajstić information content (AvgIpc) is 2.81. The van der Waals surface area contributed by atoms with Crippen molar-refractivity contribution in [3.63, 3.8) is 0 Å². The maximum absolute atomic E-state index is 12.1. The molecule has 0 radical (unpaired) electrons. The van der Waals surface area contributed by atoms with Gasteiger partial charge in [-0.15, -0.1) is 0 Å². The Balaban J connectivity index is 1.57. The zero-order valence-electron chi connectivity index (χ0n) is 18.6. The number of hydrogen-bond acceptors (Lipinski definition) is 4. The van der Waals surface area contributed by atoms with Crippen molar-refractivity contribution in [2.75, 3.05) is 7.05 Å². The Hall–Kier alpha value is -3.80. The number of amidine groups is 1. The van der Waals surface area contributed by atoms with Gasteiger partial charge in [-0.2, -0.15) is 0 Å². The van der Waals surface area contributed by atoms with Gasteiger partial charge in [-0.05, 0) is 73.0 Å². The van der Waals surface area contributed by atoms with Gasteiger partial charge in [-0.1, -0.05) is 30.3 Å². The number of likely N-dealkylation sites (N-methyl/N-ethyl adjacent to an activating group) is 1. The van der Waals surface area contributed by atoms with Crippen molar-refractivity contribution in [3.05, 3.63) is 95.1 Å². The summed E-state index contributed by atoms with van der Waals surface area (Å²) in [6.45, 7) is 4.65. The summed E-state index contributed by atoms with van der Waals surface area (Å²) >= 11 is 0. The topological polar surface area (TPSA) is 97.4 Å². The normalized spacial score (nSPS) is 11.0. The van der Waals surface area contributed by atoms with E-state index in [4.69, 9.17) is 20.6 Å². The number of nitrogens with one attached hydrogen (secondary N) is 2. The second kappa shape index (κ2) is 10.0. The minimum absolute atomic E-state index is 0.0278. The summed E-state index contributed by atoms with van der Waals surface area (Å²) in [5.74, 6) is 1.47. The largest absolute Gasteiger partial charge is 0.489 e. The summed E-state index contributed by atoms with van der Waals surface area (Å²) in [6, 6.07) is 22.8. The second-order valence-electron chi connectivity index (χ2n) is 8.06. The van der Waals surface area contributed by atoms with Crippen LogP contribution in [0.4, 0.5) is 0 Å². The molecule has 0 bridgehead atoms. The monoisotopic (exact) mass is 431 g/mol. The fourth-order valence-corrected chi connectivity index (χ4v) is 3.28. The fraction of sp³-hybridized carbons (Fsp3) is 0.231. The van der Waals surface area contributed by atoms with Crippen molar-refractivity contribution >= 4 is 11.7 Å². The third kappa shape index (κ3) is 5.66. The van der Waals surface area contributed by atoms with E-state index in [-0.39, 0.29) is 11.7 Å². The van der Waals surface area contributed by atoms with Crippen LogP contribution >= 0.6 is 0 Å². The third-order valence-electron chi connectivity index (χ3n) is 5.34. The van der Waals surface area contributed by atoms with E-state index >= 15 is 0 Å². The van der Waals surface area contributed by atoms with E-state index in [0.717, 1.165) is 28.2 Å². The molecule has 0 aliphatic carbocycles. The van der Waals surface area contributed by atoms with Gasteiger partial charge in [0.1, 0.15) is 30.5 Å². The molecule has 3 aromatic rings. The van der Waals surface area contributed by atoms with E-state index in [9.17, 15) is 4.79 Å². The van der Waals surface area contributed by atoms with Gasteiger partial charge in [-0.3, -0.25) is 10.2 Å². The molecule has 3 rings (SSSR count). The number of nitrogens with two attached hydrogens (primary N) is 1. The summed E-state index contributed by atoms with van der Waals surface area (Å²) in [6.07, 6.45) is 0. The van der Waals surface area contributed by atoms with E-state index in [0.29, 0.717) is 18.8 Å². The number of nitrogen functional groups attached to an aromatic ring is 1. The van der Waals surface area contributed by atoms with Gasteiger partial charge >= 0.3 is 0 Å². The number of carbonyl (C=O) groups excluding carboxylic acids is 1. The number of rotatable bonds is 9. The molecule has 6 heteroatoms. The maximum atomic E-state index is 12.1. The summed E-state index contributed by atoms with van der Waals surface area (Å²) < 4.78 is 11.8. The number of ether oxygens (including phenoxy) is 2. The van der Waals surface area contributed by atoms with Crippen LogP contribution in [0.1, 0.15) is 36.1 Å². The van der Waals surface area contributed by atoms with E-state index in [1.165, 1.54) is 0 Å². The Morgan fingerprint density at radius 3 is 1.88 bits per heavy atom. The molecular weight excluding hydrogens is 402 g/mol. The van der Waals surface area contributed by atoms with Crippen LogP contribution in [-0.2, 0) is 23.4 Å². The molecule has 0 heterocycles. The first-order valence-electron chi connectivity index (χ1n) is 10.4. The number of benzene rings is 3. The van der Waals surface area contributed by atoms with Crippen LogP contribution in [0.25, 0.3) is 0 Å². The predicted octanol–water partition coefficient (Wildman–Crippen LogP) is 4.15. The molecule has 6 nitrogen and oxygen atoms in total. The highest BCUT2D eigenvalue weighted by atomic mass is 16.5. The first-order valence-corrected chi connectivity index (χ1v) is 10.4. The van der Waals surface area contributed by atoms with Gasteiger partial charge in [0, 0.05) is 12.6 Å². The average molecular weight is 432 g/mol. The van der Waals surface area contributed by atoms with Crippen molar-refractivity contribution in [1.82, 2.24) is 5.32 Å². The van der Waals surface area contributed by atoms with Crippen LogP contribution in [0.5, 0.6) is 11.5 Å². The molecule has 0 fully saturated rings. The number of amides is 1. The smallest absolute Gasteiger partial charge is 0.229 e. The Labute approximate surface area is 188 Å². The van der Waals surface area contributed by atoms with Crippen LogP contribution in [0.15, 0.2) is 72.8 Å². The molecule has 0 aliphatic rings. The molecule has 1 amide bonds. The van der Waals surface area contributed by atoms with Crippen LogP contribution in [0, 0.1) is 5.41 Å². The lowest BCUT2D eigenvalue weighted by Crippen LogP contribution is -2.37. The van der Waals surface area contributed by atoms with E-state index < -0.39 is 5.41 Å². The van der Waals surface area contributed by atoms with Gasteiger partial charge in [0.25, 0.3) is 0 Å². The van der Waals surface area contributed by atoms with Crippen molar-refractivity contribution < 1.29 is 14.3 Å². The number of carbonyl (C=O) groups is 1. The first kappa shape index (κ1) is 22.9. The van der Waals surface area contributed by atoms with Crippen molar-refractivity contribution in [2.45, 2.75) is 32.5 Å². The third-order valence-corrected chi connectivity index (χ3v) is 5.34. The summed E-state index contributed by atoms with van der Waals surface area (Å²) in [5, 5.41) is 10.1. The van der Waals surface area contributed by atoms with Crippen molar-refractivity contribution in [1.29, 1.82) is 5.41 Å². The van der Waals surface area contributed by atoms with E-state index in [2.05, 4.69) is 5.32 Å². The highest BCUT2D eigenvalue weighted by Crippen LogP contribution is 2.26. The van der Waals surface area contributed by atoms with Crippen LogP contribution < -0.4 is 20.5 Å². The molecule has 0 aliphatic heterocycles. The molecule has 0 saturated carbocycles. The lowest BCUT2D eigenvalue weighted by molar-refractivity contribution is -0.125. The lowest BCUT2D eigenvalue weighted by Gasteiger charge is -2.23. The molecule has 0 atom stereocenters. The Morgan fingerprint density at radius 2 is 1.41 bits per heavy atom. The van der Waals surface area contributed by atoms with Gasteiger partial charge in [-0.25, -0.2) is 0 Å². The Morgan fingerprint density at radius 1 is 0.906 bits per heavy atom. The first-order chi connectivity index (χ1) is 15.3. The Bertz CT molecular complexity index is 1070. The standard InChI is InChI=1S/C26H29N3O3/c1-26(2,25(30)29-3)21-9-13-23(14-10-21)32-17-19-6-4-5-18(15-19)16-31-22-11-7-20(8-12-22)24(27)28/h4-15H,16-17H2,1-3H3,(H3,27,28)(H,29,30). The van der Waals surface area contributed by atoms with Crippen LogP contribution in [0.2, 0.25) is 0 Å². The summed E-state index contributed by atoms with van der Waals surface area (Å²) in [5.41, 5.74) is 8.54. The quantitative estimate of drug-likeness (QED) is 0.350. The molecule has 4 N–H and O–H groups in total. The van der Waals surface area contributed by atoms with Gasteiger partial charge in [0.05, 0.1) is 5.41 Å². The van der Waals surface area contributed by atoms with Crippen molar-refractivity contribution in [2.24, 2.45) is 5.73 Å². The maximum Gasteiger partial charge on any atom is 0.229 e. The zero-order valence-corrected chi connectivity index (χ0v) is 18.6. The minimum Gasteiger partial charge on any atom is -0.489 e. The van der Waals surface area contributed by atoms with Crippen LogP contribution in [0.3, 0.4) is 0 Å². The predicted molar refractivity (Wildman–Crippen MR) is 126 cm³/mol. The molecule has 0 aromatic heterocycles. The molecule has 3 aromatic carbocycles. The molecule has 0 saturated heterocycles.